The van der Waals surface area contributed by atoms with Crippen LogP contribution in [0.5, 0.6) is 0 Å². The van der Waals surface area contributed by atoms with Gasteiger partial charge in [-0.15, -0.1) is 0 Å². The van der Waals surface area contributed by atoms with Crippen LogP contribution in [0.15, 0.2) is 58.8 Å². The predicted molar refractivity (Wildman–Crippen MR) is 118 cm³/mol. The van der Waals surface area contributed by atoms with Gasteiger partial charge in [-0.1, -0.05) is 29.4 Å². The number of nitrogens with zero attached hydrogens (tertiary/aromatic N) is 4. The van der Waals surface area contributed by atoms with Crippen molar-refractivity contribution >= 4 is 40.0 Å². The SMILES string of the molecule is CC(=O)c1cncc(Sc2c(C)n(-c3cnn(C(C)C)c3)c3cc(Cl)ccc23)c1. The van der Waals surface area contributed by atoms with Crippen molar-refractivity contribution in [2.24, 2.45) is 0 Å². The van der Waals surface area contributed by atoms with Crippen LogP contribution in [0.1, 0.15) is 42.9 Å². The van der Waals surface area contributed by atoms with Gasteiger partial charge in [0.15, 0.2) is 5.78 Å². The quantitative estimate of drug-likeness (QED) is 0.362. The van der Waals surface area contributed by atoms with Crippen LogP contribution >= 0.6 is 23.4 Å². The summed E-state index contributed by atoms with van der Waals surface area (Å²) in [6.07, 6.45) is 7.30. The average molecular weight is 425 g/mol. The molecule has 0 aliphatic rings. The molecule has 0 unspecified atom stereocenters. The third-order valence-corrected chi connectivity index (χ3v) is 6.24. The number of carbonyl (C=O) groups excluding carboxylic acids is 1. The third-order valence-electron chi connectivity index (χ3n) is 4.82. The number of halogens is 1. The van der Waals surface area contributed by atoms with E-state index < -0.39 is 0 Å². The van der Waals surface area contributed by atoms with Gasteiger partial charge < -0.3 is 4.57 Å². The molecule has 0 saturated heterocycles. The van der Waals surface area contributed by atoms with Gasteiger partial charge >= 0.3 is 0 Å². The number of fused-ring (bicyclic) bond motifs is 1. The van der Waals surface area contributed by atoms with Gasteiger partial charge in [-0.05, 0) is 45.9 Å². The molecule has 0 atom stereocenters. The molecule has 4 rings (SSSR count). The lowest BCUT2D eigenvalue weighted by atomic mass is 10.2. The molecule has 0 fully saturated rings. The zero-order valence-electron chi connectivity index (χ0n) is 16.7. The lowest BCUT2D eigenvalue weighted by Gasteiger charge is -2.07. The van der Waals surface area contributed by atoms with Crippen LogP contribution in [0.2, 0.25) is 5.02 Å². The van der Waals surface area contributed by atoms with Gasteiger partial charge in [0.1, 0.15) is 0 Å². The Bertz CT molecular complexity index is 1230. The number of aromatic nitrogens is 4. The minimum atomic E-state index is 0.00646. The molecule has 0 amide bonds. The lowest BCUT2D eigenvalue weighted by molar-refractivity contribution is 0.101. The molecule has 1 aromatic carbocycles. The fourth-order valence-corrected chi connectivity index (χ4v) is 4.55. The third kappa shape index (κ3) is 3.70. The molecule has 3 aromatic heterocycles. The molecule has 5 nitrogen and oxygen atoms in total. The van der Waals surface area contributed by atoms with Crippen molar-refractivity contribution in [2.45, 2.75) is 43.5 Å². The number of hydrogen-bond donors (Lipinski definition) is 0. The van der Waals surface area contributed by atoms with E-state index in [1.807, 2.05) is 41.3 Å². The first-order chi connectivity index (χ1) is 13.8. The summed E-state index contributed by atoms with van der Waals surface area (Å²) in [7, 11) is 0. The van der Waals surface area contributed by atoms with Gasteiger partial charge in [-0.25, -0.2) is 0 Å². The highest BCUT2D eigenvalue weighted by Gasteiger charge is 2.18. The first kappa shape index (κ1) is 19.7. The van der Waals surface area contributed by atoms with E-state index in [1.165, 1.54) is 0 Å². The Morgan fingerprint density at radius 3 is 2.66 bits per heavy atom. The Kier molecular flexibility index (Phi) is 5.23. The number of hydrogen-bond acceptors (Lipinski definition) is 4. The number of carbonyl (C=O) groups is 1. The van der Waals surface area contributed by atoms with E-state index in [-0.39, 0.29) is 11.8 Å². The van der Waals surface area contributed by atoms with Crippen LogP contribution in [0.25, 0.3) is 16.6 Å². The van der Waals surface area contributed by atoms with E-state index >= 15 is 0 Å². The van der Waals surface area contributed by atoms with Crippen LogP contribution in [0.3, 0.4) is 0 Å². The molecule has 0 aliphatic heterocycles. The number of ketones is 1. The highest BCUT2D eigenvalue weighted by molar-refractivity contribution is 7.99. The molecule has 148 valence electrons. The molecule has 0 N–H and O–H groups in total. The normalized spacial score (nSPS) is 11.5. The summed E-state index contributed by atoms with van der Waals surface area (Å²) in [5.41, 5.74) is 3.71. The second-order valence-corrected chi connectivity index (χ2v) is 8.77. The van der Waals surface area contributed by atoms with Crippen molar-refractivity contribution in [1.29, 1.82) is 0 Å². The van der Waals surface area contributed by atoms with Gasteiger partial charge in [0.05, 0.1) is 17.4 Å². The first-order valence-corrected chi connectivity index (χ1v) is 10.5. The van der Waals surface area contributed by atoms with Gasteiger partial charge in [0.2, 0.25) is 0 Å². The molecule has 0 saturated carbocycles. The Morgan fingerprint density at radius 2 is 1.97 bits per heavy atom. The van der Waals surface area contributed by atoms with Crippen LogP contribution in [-0.4, -0.2) is 25.1 Å². The molecule has 0 aliphatic carbocycles. The topological polar surface area (TPSA) is 52.7 Å². The van der Waals surface area contributed by atoms with E-state index in [2.05, 4.69) is 35.4 Å². The second-order valence-electron chi connectivity index (χ2n) is 7.25. The van der Waals surface area contributed by atoms with E-state index in [1.54, 1.807) is 31.1 Å². The molecule has 0 bridgehead atoms. The summed E-state index contributed by atoms with van der Waals surface area (Å²) in [6, 6.07) is 8.09. The lowest BCUT2D eigenvalue weighted by Crippen LogP contribution is -2.00. The first-order valence-electron chi connectivity index (χ1n) is 9.34. The van der Waals surface area contributed by atoms with E-state index in [4.69, 9.17) is 11.6 Å². The van der Waals surface area contributed by atoms with Crippen molar-refractivity contribution < 1.29 is 4.79 Å². The molecular weight excluding hydrogens is 404 g/mol. The fraction of sp³-hybridized carbons (Fsp3) is 0.227. The molecule has 29 heavy (non-hydrogen) atoms. The minimum Gasteiger partial charge on any atom is -0.310 e. The maximum absolute atomic E-state index is 11.7. The van der Waals surface area contributed by atoms with E-state index in [0.717, 1.165) is 32.1 Å². The van der Waals surface area contributed by atoms with Crippen molar-refractivity contribution in [3.8, 4) is 5.69 Å². The monoisotopic (exact) mass is 424 g/mol. The molecule has 4 aromatic rings. The van der Waals surface area contributed by atoms with Crippen LogP contribution in [0, 0.1) is 6.92 Å². The molecule has 0 spiro atoms. The second kappa shape index (κ2) is 7.69. The predicted octanol–water partition coefficient (Wildman–Crippen LogP) is 6.12. The zero-order chi connectivity index (χ0) is 20.7. The minimum absolute atomic E-state index is 0.00646. The number of Topliss-reactive ketones (excluding diaryl/α,β-unsaturated/α-hetero) is 1. The summed E-state index contributed by atoms with van der Waals surface area (Å²) in [4.78, 5) is 18.0. The maximum Gasteiger partial charge on any atom is 0.161 e. The van der Waals surface area contributed by atoms with Gasteiger partial charge in [-0.2, -0.15) is 5.10 Å². The summed E-state index contributed by atoms with van der Waals surface area (Å²) >= 11 is 7.93. The summed E-state index contributed by atoms with van der Waals surface area (Å²) < 4.78 is 4.12. The van der Waals surface area contributed by atoms with Crippen LogP contribution in [-0.2, 0) is 0 Å². The Balaban J connectivity index is 1.88. The van der Waals surface area contributed by atoms with Gasteiger partial charge in [0, 0.05) is 56.1 Å². The highest BCUT2D eigenvalue weighted by Crippen LogP contribution is 2.40. The van der Waals surface area contributed by atoms with Gasteiger partial charge in [0.25, 0.3) is 0 Å². The smallest absolute Gasteiger partial charge is 0.161 e. The summed E-state index contributed by atoms with van der Waals surface area (Å²) in [5, 5.41) is 6.28. The number of pyridine rings is 1. The highest BCUT2D eigenvalue weighted by atomic mass is 35.5. The summed E-state index contributed by atoms with van der Waals surface area (Å²) in [5.74, 6) is 0.00646. The van der Waals surface area contributed by atoms with Crippen molar-refractivity contribution in [1.82, 2.24) is 19.3 Å². The van der Waals surface area contributed by atoms with Gasteiger partial charge in [-0.3, -0.25) is 14.5 Å². The van der Waals surface area contributed by atoms with E-state index in [9.17, 15) is 4.79 Å². The number of rotatable bonds is 5. The molecule has 7 heteroatoms. The molecular formula is C22H21ClN4OS. The van der Waals surface area contributed by atoms with Crippen LogP contribution in [0.4, 0.5) is 0 Å². The largest absolute Gasteiger partial charge is 0.310 e. The Labute approximate surface area is 178 Å². The van der Waals surface area contributed by atoms with Crippen molar-refractivity contribution in [2.75, 3.05) is 0 Å². The van der Waals surface area contributed by atoms with Crippen molar-refractivity contribution in [3.05, 3.63) is 65.3 Å². The summed E-state index contributed by atoms with van der Waals surface area (Å²) in [6.45, 7) is 7.84. The Hall–Kier alpha value is -2.57. The van der Waals surface area contributed by atoms with Crippen molar-refractivity contribution in [3.63, 3.8) is 0 Å². The fourth-order valence-electron chi connectivity index (χ4n) is 3.33. The zero-order valence-corrected chi connectivity index (χ0v) is 18.3. The average Bonchev–Trinajstić information content (AvgIpc) is 3.25. The maximum atomic E-state index is 11.7. The Morgan fingerprint density at radius 1 is 1.17 bits per heavy atom. The number of benzene rings is 1. The van der Waals surface area contributed by atoms with E-state index in [0.29, 0.717) is 10.6 Å². The van der Waals surface area contributed by atoms with Crippen LogP contribution < -0.4 is 0 Å². The standard InChI is InChI=1S/C22H21ClN4OS/c1-13(2)26-12-18(10-25-26)27-14(3)22(20-6-5-17(23)8-21(20)27)29-19-7-16(15(4)28)9-24-11-19/h5-13H,1-4H3. The molecule has 0 radical (unpaired) electrons. The molecule has 3 heterocycles.